The topological polar surface area (TPSA) is 55.4 Å². The summed E-state index contributed by atoms with van der Waals surface area (Å²) in [7, 11) is 0. The standard InChI is InChI=1S/C15H27NO3S/c1-6-10(2)12(14(18)19-15(3,4)5)16-13(17)11-8-7-9-20-11/h10-12H,6-9H2,1-5H3,(H,16,17)/t10-,11?,12-/m0/s1. The highest BCUT2D eigenvalue weighted by molar-refractivity contribution is 8.00. The van der Waals surface area contributed by atoms with Crippen LogP contribution in [0.4, 0.5) is 0 Å². The summed E-state index contributed by atoms with van der Waals surface area (Å²) in [5.41, 5.74) is -0.532. The first-order chi connectivity index (χ1) is 9.24. The van der Waals surface area contributed by atoms with Gasteiger partial charge in [0.05, 0.1) is 5.25 Å². The van der Waals surface area contributed by atoms with E-state index in [2.05, 4.69) is 5.32 Å². The van der Waals surface area contributed by atoms with Gasteiger partial charge in [0.2, 0.25) is 5.91 Å². The lowest BCUT2D eigenvalue weighted by atomic mass is 9.98. The van der Waals surface area contributed by atoms with Crippen LogP contribution in [0.25, 0.3) is 0 Å². The highest BCUT2D eigenvalue weighted by Gasteiger charge is 2.33. The van der Waals surface area contributed by atoms with E-state index in [1.54, 1.807) is 11.8 Å². The van der Waals surface area contributed by atoms with E-state index in [0.717, 1.165) is 25.0 Å². The van der Waals surface area contributed by atoms with Crippen LogP contribution < -0.4 is 5.32 Å². The molecule has 5 heteroatoms. The summed E-state index contributed by atoms with van der Waals surface area (Å²) >= 11 is 1.67. The van der Waals surface area contributed by atoms with E-state index >= 15 is 0 Å². The van der Waals surface area contributed by atoms with Crippen LogP contribution in [-0.2, 0) is 14.3 Å². The largest absolute Gasteiger partial charge is 0.458 e. The number of hydrogen-bond donors (Lipinski definition) is 1. The van der Waals surface area contributed by atoms with Gasteiger partial charge in [-0.05, 0) is 45.3 Å². The number of carbonyl (C=O) groups is 2. The molecule has 0 saturated carbocycles. The van der Waals surface area contributed by atoms with E-state index in [1.165, 1.54) is 0 Å². The minimum atomic E-state index is -0.548. The van der Waals surface area contributed by atoms with Crippen molar-refractivity contribution in [3.63, 3.8) is 0 Å². The molecule has 3 atom stereocenters. The maximum absolute atomic E-state index is 12.3. The molecule has 0 aliphatic carbocycles. The fourth-order valence-corrected chi connectivity index (χ4v) is 3.24. The van der Waals surface area contributed by atoms with Crippen molar-refractivity contribution in [2.45, 2.75) is 70.8 Å². The Morgan fingerprint density at radius 2 is 2.05 bits per heavy atom. The molecule has 1 saturated heterocycles. The lowest BCUT2D eigenvalue weighted by Crippen LogP contribution is -2.49. The molecule has 1 rings (SSSR count). The number of thioether (sulfide) groups is 1. The Morgan fingerprint density at radius 3 is 2.50 bits per heavy atom. The minimum Gasteiger partial charge on any atom is -0.458 e. The molecular formula is C15H27NO3S. The average molecular weight is 301 g/mol. The number of rotatable bonds is 5. The van der Waals surface area contributed by atoms with Crippen LogP contribution in [0.2, 0.25) is 0 Å². The summed E-state index contributed by atoms with van der Waals surface area (Å²) in [5, 5.41) is 2.89. The van der Waals surface area contributed by atoms with Gasteiger partial charge in [-0.2, -0.15) is 0 Å². The number of esters is 1. The van der Waals surface area contributed by atoms with E-state index in [0.29, 0.717) is 0 Å². The van der Waals surface area contributed by atoms with Gasteiger partial charge in [-0.1, -0.05) is 20.3 Å². The van der Waals surface area contributed by atoms with Crippen molar-refractivity contribution in [3.8, 4) is 0 Å². The zero-order chi connectivity index (χ0) is 15.3. The Bertz CT molecular complexity index is 346. The summed E-state index contributed by atoms with van der Waals surface area (Å²) in [6, 6.07) is -0.548. The zero-order valence-corrected chi connectivity index (χ0v) is 14.0. The SMILES string of the molecule is CC[C@H](C)[C@H](NC(=O)C1CCCS1)C(=O)OC(C)(C)C. The van der Waals surface area contributed by atoms with Gasteiger partial charge in [-0.3, -0.25) is 4.79 Å². The van der Waals surface area contributed by atoms with Gasteiger partial charge in [0.15, 0.2) is 0 Å². The van der Waals surface area contributed by atoms with Crippen molar-refractivity contribution in [2.24, 2.45) is 5.92 Å². The molecule has 0 spiro atoms. The molecule has 116 valence electrons. The van der Waals surface area contributed by atoms with Gasteiger partial charge < -0.3 is 10.1 Å². The van der Waals surface area contributed by atoms with Crippen molar-refractivity contribution in [2.75, 3.05) is 5.75 Å². The Hall–Kier alpha value is -0.710. The van der Waals surface area contributed by atoms with Crippen molar-refractivity contribution < 1.29 is 14.3 Å². The van der Waals surface area contributed by atoms with E-state index in [4.69, 9.17) is 4.74 Å². The van der Waals surface area contributed by atoms with Crippen molar-refractivity contribution >= 4 is 23.6 Å². The van der Waals surface area contributed by atoms with Gasteiger partial charge >= 0.3 is 5.97 Å². The maximum Gasteiger partial charge on any atom is 0.329 e. The summed E-state index contributed by atoms with van der Waals surface area (Å²) in [5.74, 6) is 0.741. The summed E-state index contributed by atoms with van der Waals surface area (Å²) in [6.07, 6.45) is 2.79. The van der Waals surface area contributed by atoms with Crippen molar-refractivity contribution in [1.29, 1.82) is 0 Å². The average Bonchev–Trinajstić information content (AvgIpc) is 2.86. The van der Waals surface area contributed by atoms with Crippen LogP contribution in [0.1, 0.15) is 53.9 Å². The van der Waals surface area contributed by atoms with E-state index in [9.17, 15) is 9.59 Å². The molecule has 4 nitrogen and oxygen atoms in total. The van der Waals surface area contributed by atoms with Gasteiger partial charge in [0.25, 0.3) is 0 Å². The van der Waals surface area contributed by atoms with Crippen LogP contribution >= 0.6 is 11.8 Å². The molecule has 0 bridgehead atoms. The Morgan fingerprint density at radius 1 is 1.40 bits per heavy atom. The minimum absolute atomic E-state index is 0.0102. The predicted molar refractivity (Wildman–Crippen MR) is 82.7 cm³/mol. The first-order valence-corrected chi connectivity index (χ1v) is 8.44. The van der Waals surface area contributed by atoms with Crippen LogP contribution in [0, 0.1) is 5.92 Å². The predicted octanol–water partition coefficient (Wildman–Crippen LogP) is 2.75. The third-order valence-corrected chi connectivity index (χ3v) is 4.77. The molecule has 1 aliphatic heterocycles. The first kappa shape index (κ1) is 17.3. The fraction of sp³-hybridized carbons (Fsp3) is 0.867. The molecule has 1 amide bonds. The normalized spacial score (nSPS) is 22.1. The molecule has 1 N–H and O–H groups in total. The first-order valence-electron chi connectivity index (χ1n) is 7.39. The number of hydrogen-bond acceptors (Lipinski definition) is 4. The molecule has 0 aromatic carbocycles. The molecular weight excluding hydrogens is 274 g/mol. The van der Waals surface area contributed by atoms with Crippen LogP contribution in [-0.4, -0.2) is 34.5 Å². The van der Waals surface area contributed by atoms with Crippen LogP contribution in [0.3, 0.4) is 0 Å². The molecule has 1 fully saturated rings. The molecule has 1 aliphatic rings. The van der Waals surface area contributed by atoms with Gasteiger partial charge in [0, 0.05) is 0 Å². The van der Waals surface area contributed by atoms with Crippen molar-refractivity contribution in [3.05, 3.63) is 0 Å². The van der Waals surface area contributed by atoms with Gasteiger partial charge in [-0.25, -0.2) is 4.79 Å². The third kappa shape index (κ3) is 5.35. The second-order valence-electron chi connectivity index (χ2n) is 6.41. The van der Waals surface area contributed by atoms with E-state index in [1.807, 2.05) is 34.6 Å². The maximum atomic E-state index is 12.3. The monoisotopic (exact) mass is 301 g/mol. The highest BCUT2D eigenvalue weighted by atomic mass is 32.2. The Labute approximate surface area is 126 Å². The summed E-state index contributed by atoms with van der Waals surface area (Å²) in [4.78, 5) is 24.5. The lowest BCUT2D eigenvalue weighted by Gasteiger charge is -2.28. The Balaban J connectivity index is 2.68. The Kier molecular flexibility index (Phi) is 6.37. The lowest BCUT2D eigenvalue weighted by molar-refractivity contribution is -0.160. The van der Waals surface area contributed by atoms with E-state index < -0.39 is 11.6 Å². The second kappa shape index (κ2) is 7.34. The third-order valence-electron chi connectivity index (χ3n) is 3.39. The number of nitrogens with one attached hydrogen (secondary N) is 1. The summed E-state index contributed by atoms with van der Waals surface area (Å²) < 4.78 is 5.43. The number of amides is 1. The van der Waals surface area contributed by atoms with Crippen LogP contribution in [0.15, 0.2) is 0 Å². The van der Waals surface area contributed by atoms with Crippen LogP contribution in [0.5, 0.6) is 0 Å². The van der Waals surface area contributed by atoms with Gasteiger partial charge in [0.1, 0.15) is 11.6 Å². The molecule has 0 aromatic heterocycles. The molecule has 0 radical (unpaired) electrons. The second-order valence-corrected chi connectivity index (χ2v) is 7.72. The smallest absolute Gasteiger partial charge is 0.329 e. The molecule has 20 heavy (non-hydrogen) atoms. The van der Waals surface area contributed by atoms with E-state index in [-0.39, 0.29) is 23.0 Å². The number of ether oxygens (including phenoxy) is 1. The highest BCUT2D eigenvalue weighted by Crippen LogP contribution is 2.26. The quantitative estimate of drug-likeness (QED) is 0.793. The molecule has 1 heterocycles. The zero-order valence-electron chi connectivity index (χ0n) is 13.2. The summed E-state index contributed by atoms with van der Waals surface area (Å²) in [6.45, 7) is 9.50. The molecule has 1 unspecified atom stereocenters. The van der Waals surface area contributed by atoms with Gasteiger partial charge in [-0.15, -0.1) is 11.8 Å². The fourth-order valence-electron chi connectivity index (χ4n) is 2.07. The van der Waals surface area contributed by atoms with Crippen molar-refractivity contribution in [1.82, 2.24) is 5.32 Å². The number of carbonyl (C=O) groups excluding carboxylic acids is 2. The molecule has 0 aromatic rings.